The van der Waals surface area contributed by atoms with Crippen molar-refractivity contribution in [3.05, 3.63) is 35.1 Å². The summed E-state index contributed by atoms with van der Waals surface area (Å²) in [7, 11) is 3.08. The lowest BCUT2D eigenvalue weighted by atomic mass is 10.1. The zero-order valence-corrected chi connectivity index (χ0v) is 10.8. The Hall–Kier alpha value is -1.46. The number of ether oxygens (including phenoxy) is 2. The fourth-order valence-corrected chi connectivity index (χ4v) is 1.50. The van der Waals surface area contributed by atoms with Crippen LogP contribution in [0.3, 0.4) is 0 Å². The van der Waals surface area contributed by atoms with Crippen LogP contribution in [0.4, 0.5) is 4.39 Å². The molecule has 1 unspecified atom stereocenters. The van der Waals surface area contributed by atoms with Gasteiger partial charge in [0.05, 0.1) is 18.3 Å². The molecule has 1 amide bonds. The SMILES string of the molecule is COCC(CNC(=O)c1ccc(C)cc1F)OC. The first kappa shape index (κ1) is 14.6. The molecule has 0 saturated carbocycles. The lowest BCUT2D eigenvalue weighted by Crippen LogP contribution is -2.35. The molecule has 0 heterocycles. The Balaban J connectivity index is 2.59. The van der Waals surface area contributed by atoms with Crippen molar-refractivity contribution < 1.29 is 18.7 Å². The maximum atomic E-state index is 13.5. The summed E-state index contributed by atoms with van der Waals surface area (Å²) in [4.78, 5) is 11.8. The molecule has 4 nitrogen and oxygen atoms in total. The van der Waals surface area contributed by atoms with Crippen molar-refractivity contribution in [1.29, 1.82) is 0 Å². The van der Waals surface area contributed by atoms with E-state index in [1.54, 1.807) is 20.1 Å². The highest BCUT2D eigenvalue weighted by Crippen LogP contribution is 2.09. The first-order chi connectivity index (χ1) is 8.58. The average molecular weight is 255 g/mol. The summed E-state index contributed by atoms with van der Waals surface area (Å²) < 4.78 is 23.6. The highest BCUT2D eigenvalue weighted by Gasteiger charge is 2.14. The molecule has 0 saturated heterocycles. The largest absolute Gasteiger partial charge is 0.382 e. The summed E-state index contributed by atoms with van der Waals surface area (Å²) in [5.74, 6) is -0.973. The van der Waals surface area contributed by atoms with E-state index in [9.17, 15) is 9.18 Å². The van der Waals surface area contributed by atoms with Gasteiger partial charge in [-0.25, -0.2) is 4.39 Å². The Morgan fingerprint density at radius 3 is 2.72 bits per heavy atom. The molecular weight excluding hydrogens is 237 g/mol. The van der Waals surface area contributed by atoms with Gasteiger partial charge in [-0.3, -0.25) is 4.79 Å². The van der Waals surface area contributed by atoms with Crippen LogP contribution in [-0.2, 0) is 9.47 Å². The Bertz CT molecular complexity index is 409. The predicted octanol–water partition coefficient (Wildman–Crippen LogP) is 1.53. The molecule has 0 spiro atoms. The zero-order valence-electron chi connectivity index (χ0n) is 10.8. The van der Waals surface area contributed by atoms with Gasteiger partial charge < -0.3 is 14.8 Å². The molecular formula is C13H18FNO3. The molecule has 1 rings (SSSR count). The van der Waals surface area contributed by atoms with Crippen molar-refractivity contribution >= 4 is 5.91 Å². The van der Waals surface area contributed by atoms with E-state index in [0.29, 0.717) is 6.61 Å². The Labute approximate surface area is 106 Å². The van der Waals surface area contributed by atoms with Gasteiger partial charge in [0, 0.05) is 20.8 Å². The van der Waals surface area contributed by atoms with Crippen LogP contribution in [0.1, 0.15) is 15.9 Å². The summed E-state index contributed by atoms with van der Waals surface area (Å²) in [6, 6.07) is 4.50. The highest BCUT2D eigenvalue weighted by molar-refractivity contribution is 5.94. The average Bonchev–Trinajstić information content (AvgIpc) is 2.34. The van der Waals surface area contributed by atoms with Gasteiger partial charge in [0.25, 0.3) is 5.91 Å². The van der Waals surface area contributed by atoms with Crippen LogP contribution in [0.25, 0.3) is 0 Å². The van der Waals surface area contributed by atoms with Crippen LogP contribution < -0.4 is 5.32 Å². The summed E-state index contributed by atoms with van der Waals surface area (Å²) in [5.41, 5.74) is 0.811. The standard InChI is InChI=1S/C13H18FNO3/c1-9-4-5-11(12(14)6-9)13(16)15-7-10(18-3)8-17-2/h4-6,10H,7-8H2,1-3H3,(H,15,16). The Kier molecular flexibility index (Phi) is 5.74. The van der Waals surface area contributed by atoms with E-state index in [1.807, 2.05) is 0 Å². The van der Waals surface area contributed by atoms with Crippen LogP contribution >= 0.6 is 0 Å². The third kappa shape index (κ3) is 4.09. The van der Waals surface area contributed by atoms with E-state index in [4.69, 9.17) is 9.47 Å². The van der Waals surface area contributed by atoms with Gasteiger partial charge in [-0.05, 0) is 24.6 Å². The van der Waals surface area contributed by atoms with E-state index < -0.39 is 11.7 Å². The Morgan fingerprint density at radius 1 is 1.44 bits per heavy atom. The van der Waals surface area contributed by atoms with Crippen molar-refractivity contribution in [2.45, 2.75) is 13.0 Å². The zero-order chi connectivity index (χ0) is 13.5. The number of aryl methyl sites for hydroxylation is 1. The second-order valence-electron chi connectivity index (χ2n) is 4.01. The number of carbonyl (C=O) groups excluding carboxylic acids is 1. The third-order valence-electron chi connectivity index (χ3n) is 2.55. The molecule has 0 aliphatic carbocycles. The van der Waals surface area contributed by atoms with Crippen LogP contribution in [0.2, 0.25) is 0 Å². The lowest BCUT2D eigenvalue weighted by molar-refractivity contribution is 0.0285. The van der Waals surface area contributed by atoms with Gasteiger partial charge >= 0.3 is 0 Å². The van der Waals surface area contributed by atoms with E-state index in [0.717, 1.165) is 5.56 Å². The normalized spacial score (nSPS) is 12.2. The van der Waals surface area contributed by atoms with Crippen LogP contribution in [0.5, 0.6) is 0 Å². The number of methoxy groups -OCH3 is 2. The number of nitrogens with one attached hydrogen (secondary N) is 1. The number of amides is 1. The van der Waals surface area contributed by atoms with Gasteiger partial charge in [0.1, 0.15) is 5.82 Å². The van der Waals surface area contributed by atoms with Crippen molar-refractivity contribution in [1.82, 2.24) is 5.32 Å². The number of benzene rings is 1. The minimum Gasteiger partial charge on any atom is -0.382 e. The minimum atomic E-state index is -0.520. The molecule has 1 N–H and O–H groups in total. The molecule has 0 fully saturated rings. The lowest BCUT2D eigenvalue weighted by Gasteiger charge is -2.15. The molecule has 0 bridgehead atoms. The summed E-state index contributed by atoms with van der Waals surface area (Å²) >= 11 is 0. The number of carbonyl (C=O) groups is 1. The molecule has 0 aliphatic heterocycles. The topological polar surface area (TPSA) is 47.6 Å². The first-order valence-corrected chi connectivity index (χ1v) is 5.64. The summed E-state index contributed by atoms with van der Waals surface area (Å²) in [6.45, 7) is 2.41. The molecule has 1 aromatic carbocycles. The van der Waals surface area contributed by atoms with Gasteiger partial charge in [-0.2, -0.15) is 0 Å². The number of halogens is 1. The quantitative estimate of drug-likeness (QED) is 0.838. The fraction of sp³-hybridized carbons (Fsp3) is 0.462. The second-order valence-corrected chi connectivity index (χ2v) is 4.01. The van der Waals surface area contributed by atoms with Crippen LogP contribution in [0, 0.1) is 12.7 Å². The highest BCUT2D eigenvalue weighted by atomic mass is 19.1. The van der Waals surface area contributed by atoms with Gasteiger partial charge in [-0.15, -0.1) is 0 Å². The maximum Gasteiger partial charge on any atom is 0.254 e. The fourth-order valence-electron chi connectivity index (χ4n) is 1.50. The summed E-state index contributed by atoms with van der Waals surface area (Å²) in [5, 5.41) is 2.61. The molecule has 1 atom stereocenters. The van der Waals surface area contributed by atoms with E-state index in [-0.39, 0.29) is 18.2 Å². The van der Waals surface area contributed by atoms with Crippen LogP contribution in [-0.4, -0.2) is 39.4 Å². The number of rotatable bonds is 6. The molecule has 0 aromatic heterocycles. The molecule has 100 valence electrons. The third-order valence-corrected chi connectivity index (χ3v) is 2.55. The molecule has 18 heavy (non-hydrogen) atoms. The van der Waals surface area contributed by atoms with Gasteiger partial charge in [-0.1, -0.05) is 6.07 Å². The predicted molar refractivity (Wildman–Crippen MR) is 66.1 cm³/mol. The van der Waals surface area contributed by atoms with Gasteiger partial charge in [0.2, 0.25) is 0 Å². The molecule has 1 aromatic rings. The molecule has 0 radical (unpaired) electrons. The van der Waals surface area contributed by atoms with E-state index >= 15 is 0 Å². The minimum absolute atomic E-state index is 0.0351. The monoisotopic (exact) mass is 255 g/mol. The number of hydrogen-bond acceptors (Lipinski definition) is 3. The van der Waals surface area contributed by atoms with Crippen molar-refractivity contribution in [2.75, 3.05) is 27.4 Å². The number of hydrogen-bond donors (Lipinski definition) is 1. The molecule has 5 heteroatoms. The Morgan fingerprint density at radius 2 is 2.17 bits per heavy atom. The van der Waals surface area contributed by atoms with Gasteiger partial charge in [0.15, 0.2) is 0 Å². The van der Waals surface area contributed by atoms with Crippen molar-refractivity contribution in [2.24, 2.45) is 0 Å². The molecule has 0 aliphatic rings. The summed E-state index contributed by atoms with van der Waals surface area (Å²) in [6.07, 6.45) is -0.243. The smallest absolute Gasteiger partial charge is 0.254 e. The van der Waals surface area contributed by atoms with E-state index in [1.165, 1.54) is 19.2 Å². The second kappa shape index (κ2) is 7.08. The van der Waals surface area contributed by atoms with Crippen molar-refractivity contribution in [3.8, 4) is 0 Å². The van der Waals surface area contributed by atoms with Crippen LogP contribution in [0.15, 0.2) is 18.2 Å². The maximum absolute atomic E-state index is 13.5. The van der Waals surface area contributed by atoms with E-state index in [2.05, 4.69) is 5.32 Å². The van der Waals surface area contributed by atoms with Crippen molar-refractivity contribution in [3.63, 3.8) is 0 Å². The first-order valence-electron chi connectivity index (χ1n) is 5.64.